The van der Waals surface area contributed by atoms with Gasteiger partial charge in [-0.05, 0) is 41.7 Å². The van der Waals surface area contributed by atoms with Crippen molar-refractivity contribution in [2.75, 3.05) is 7.11 Å². The van der Waals surface area contributed by atoms with E-state index in [0.29, 0.717) is 6.61 Å². The molecule has 0 amide bonds. The second-order valence-corrected chi connectivity index (χ2v) is 5.42. The normalized spacial score (nSPS) is 20.9. The van der Waals surface area contributed by atoms with E-state index in [1.54, 1.807) is 7.11 Å². The molecule has 0 heterocycles. The van der Waals surface area contributed by atoms with Gasteiger partial charge in [-0.1, -0.05) is 36.4 Å². The molecule has 2 aromatic carbocycles. The van der Waals surface area contributed by atoms with Gasteiger partial charge in [0.25, 0.3) is 0 Å². The summed E-state index contributed by atoms with van der Waals surface area (Å²) in [6.07, 6.45) is 1.00. The van der Waals surface area contributed by atoms with Gasteiger partial charge in [-0.3, -0.25) is 0 Å². The maximum absolute atomic E-state index is 10.5. The molecule has 0 radical (unpaired) electrons. The number of aliphatic hydroxyl groups is 1. The highest BCUT2D eigenvalue weighted by molar-refractivity contribution is 5.33. The molecule has 3 heteroatoms. The summed E-state index contributed by atoms with van der Waals surface area (Å²) in [4.78, 5) is 0. The molecule has 110 valence electrons. The van der Waals surface area contributed by atoms with Crippen LogP contribution in [0, 0.1) is 0 Å². The van der Waals surface area contributed by atoms with Crippen molar-refractivity contribution in [3.8, 4) is 5.75 Å². The molecule has 0 saturated heterocycles. The first-order valence-corrected chi connectivity index (χ1v) is 7.28. The van der Waals surface area contributed by atoms with Gasteiger partial charge >= 0.3 is 0 Å². The Labute approximate surface area is 125 Å². The molecule has 0 bridgehead atoms. The predicted molar refractivity (Wildman–Crippen MR) is 81.3 cm³/mol. The number of ether oxygens (including phenoxy) is 2. The Morgan fingerprint density at radius 1 is 1.14 bits per heavy atom. The van der Waals surface area contributed by atoms with Crippen LogP contribution in [0.5, 0.6) is 5.75 Å². The summed E-state index contributed by atoms with van der Waals surface area (Å²) in [7, 11) is 1.68. The van der Waals surface area contributed by atoms with E-state index in [1.165, 1.54) is 5.56 Å². The number of aliphatic hydroxyl groups excluding tert-OH is 1. The van der Waals surface area contributed by atoms with Crippen LogP contribution in [0.2, 0.25) is 0 Å². The third kappa shape index (κ3) is 3.09. The summed E-state index contributed by atoms with van der Waals surface area (Å²) < 4.78 is 11.1. The quantitative estimate of drug-likeness (QED) is 0.936. The van der Waals surface area contributed by atoms with Crippen molar-refractivity contribution in [3.63, 3.8) is 0 Å². The zero-order valence-corrected chi connectivity index (χ0v) is 12.2. The first kappa shape index (κ1) is 14.1. The van der Waals surface area contributed by atoms with Gasteiger partial charge in [0.1, 0.15) is 18.0 Å². The van der Waals surface area contributed by atoms with Crippen molar-refractivity contribution in [2.45, 2.75) is 31.7 Å². The molecular weight excluding hydrogens is 264 g/mol. The molecule has 0 aromatic heterocycles. The van der Waals surface area contributed by atoms with Crippen molar-refractivity contribution < 1.29 is 14.6 Å². The van der Waals surface area contributed by atoms with Crippen LogP contribution in [0.3, 0.4) is 0 Å². The van der Waals surface area contributed by atoms with Gasteiger partial charge in [0.15, 0.2) is 0 Å². The molecule has 2 atom stereocenters. The lowest BCUT2D eigenvalue weighted by molar-refractivity contribution is 0.0229. The molecular formula is C18H20O3. The summed E-state index contributed by atoms with van der Waals surface area (Å²) in [5.41, 5.74) is 3.28. The molecule has 2 aromatic rings. The van der Waals surface area contributed by atoms with E-state index >= 15 is 0 Å². The molecule has 0 fully saturated rings. The summed E-state index contributed by atoms with van der Waals surface area (Å²) in [6, 6.07) is 15.9. The highest BCUT2D eigenvalue weighted by Gasteiger charge is 2.29. The molecule has 1 N–H and O–H groups in total. The fraction of sp³-hybridized carbons (Fsp3) is 0.333. The minimum Gasteiger partial charge on any atom is -0.487 e. The molecule has 21 heavy (non-hydrogen) atoms. The lowest BCUT2D eigenvalue weighted by Crippen LogP contribution is -2.30. The van der Waals surface area contributed by atoms with Gasteiger partial charge in [-0.25, -0.2) is 0 Å². The minimum absolute atomic E-state index is 0.197. The third-order valence-electron chi connectivity index (χ3n) is 3.92. The molecule has 0 spiro atoms. The molecule has 0 saturated carbocycles. The first-order chi connectivity index (χ1) is 10.3. The van der Waals surface area contributed by atoms with E-state index in [4.69, 9.17) is 9.47 Å². The molecule has 2 unspecified atom stereocenters. The Morgan fingerprint density at radius 3 is 2.86 bits per heavy atom. The van der Waals surface area contributed by atoms with Crippen LogP contribution in [-0.2, 0) is 17.8 Å². The fourth-order valence-corrected chi connectivity index (χ4v) is 2.88. The number of benzene rings is 2. The van der Waals surface area contributed by atoms with E-state index in [9.17, 15) is 5.11 Å². The molecule has 0 aliphatic heterocycles. The number of hydrogen-bond donors (Lipinski definition) is 1. The Hall–Kier alpha value is -1.84. The van der Waals surface area contributed by atoms with Crippen LogP contribution < -0.4 is 4.74 Å². The van der Waals surface area contributed by atoms with E-state index in [2.05, 4.69) is 6.07 Å². The van der Waals surface area contributed by atoms with Crippen molar-refractivity contribution in [2.24, 2.45) is 0 Å². The highest BCUT2D eigenvalue weighted by Crippen LogP contribution is 2.32. The Morgan fingerprint density at radius 2 is 2.00 bits per heavy atom. The van der Waals surface area contributed by atoms with Crippen LogP contribution in [0.1, 0.15) is 29.2 Å². The van der Waals surface area contributed by atoms with E-state index < -0.39 is 6.10 Å². The van der Waals surface area contributed by atoms with Gasteiger partial charge in [0.2, 0.25) is 0 Å². The summed E-state index contributed by atoms with van der Waals surface area (Å²) in [5.74, 6) is 0.785. The number of aryl methyl sites for hydroxylation is 1. The van der Waals surface area contributed by atoms with Crippen molar-refractivity contribution in [3.05, 3.63) is 65.2 Å². The topological polar surface area (TPSA) is 38.7 Å². The van der Waals surface area contributed by atoms with E-state index in [1.807, 2.05) is 42.5 Å². The lowest BCUT2D eigenvalue weighted by Gasteiger charge is -2.30. The maximum Gasteiger partial charge on any atom is 0.129 e. The summed E-state index contributed by atoms with van der Waals surface area (Å²) in [6.45, 7) is 0.563. The zero-order valence-electron chi connectivity index (χ0n) is 12.2. The van der Waals surface area contributed by atoms with E-state index in [0.717, 1.165) is 29.7 Å². The average molecular weight is 284 g/mol. The van der Waals surface area contributed by atoms with Gasteiger partial charge in [0.05, 0.1) is 6.61 Å². The van der Waals surface area contributed by atoms with Crippen molar-refractivity contribution in [1.29, 1.82) is 0 Å². The van der Waals surface area contributed by atoms with Crippen molar-refractivity contribution in [1.82, 2.24) is 0 Å². The lowest BCUT2D eigenvalue weighted by atomic mass is 9.87. The smallest absolute Gasteiger partial charge is 0.129 e. The van der Waals surface area contributed by atoms with Gasteiger partial charge < -0.3 is 14.6 Å². The Balaban J connectivity index is 1.75. The number of methoxy groups -OCH3 is 1. The Bertz CT molecular complexity index is 609. The summed E-state index contributed by atoms with van der Waals surface area (Å²) >= 11 is 0. The number of rotatable bonds is 4. The highest BCUT2D eigenvalue weighted by atomic mass is 16.5. The zero-order chi connectivity index (χ0) is 14.7. The van der Waals surface area contributed by atoms with Crippen LogP contribution in [0.25, 0.3) is 0 Å². The second kappa shape index (κ2) is 6.29. The molecule has 1 aliphatic rings. The molecule has 1 aliphatic carbocycles. The Kier molecular flexibility index (Phi) is 4.23. The van der Waals surface area contributed by atoms with Crippen LogP contribution in [-0.4, -0.2) is 18.3 Å². The largest absolute Gasteiger partial charge is 0.487 e. The fourth-order valence-electron chi connectivity index (χ4n) is 2.88. The SMILES string of the molecule is COCc1cccc(OC2CCc3ccccc3C2O)c1. The van der Waals surface area contributed by atoms with Crippen LogP contribution >= 0.6 is 0 Å². The number of fused-ring (bicyclic) bond motifs is 1. The molecule has 3 nitrogen and oxygen atoms in total. The second-order valence-electron chi connectivity index (χ2n) is 5.42. The molecule has 3 rings (SSSR count). The van der Waals surface area contributed by atoms with E-state index in [-0.39, 0.29) is 6.10 Å². The van der Waals surface area contributed by atoms with Crippen molar-refractivity contribution >= 4 is 0 Å². The summed E-state index contributed by atoms with van der Waals surface area (Å²) in [5, 5.41) is 10.5. The van der Waals surface area contributed by atoms with Crippen LogP contribution in [0.4, 0.5) is 0 Å². The third-order valence-corrected chi connectivity index (χ3v) is 3.92. The maximum atomic E-state index is 10.5. The number of hydrogen-bond acceptors (Lipinski definition) is 3. The predicted octanol–water partition coefficient (Wildman–Crippen LogP) is 3.26. The average Bonchev–Trinajstić information content (AvgIpc) is 2.51. The van der Waals surface area contributed by atoms with Gasteiger partial charge in [-0.15, -0.1) is 0 Å². The monoisotopic (exact) mass is 284 g/mol. The van der Waals surface area contributed by atoms with Gasteiger partial charge in [-0.2, -0.15) is 0 Å². The first-order valence-electron chi connectivity index (χ1n) is 7.28. The minimum atomic E-state index is -0.568. The van der Waals surface area contributed by atoms with Crippen LogP contribution in [0.15, 0.2) is 48.5 Å². The van der Waals surface area contributed by atoms with Gasteiger partial charge in [0, 0.05) is 7.11 Å². The standard InChI is InChI=1S/C18H20O3/c1-20-12-13-5-4-7-15(11-13)21-17-10-9-14-6-2-3-8-16(14)18(17)19/h2-8,11,17-19H,9-10,12H2,1H3.